The van der Waals surface area contributed by atoms with Crippen molar-refractivity contribution in [3.63, 3.8) is 0 Å². The molecule has 0 aromatic heterocycles. The summed E-state index contributed by atoms with van der Waals surface area (Å²) in [5.74, 6) is 0.315. The highest BCUT2D eigenvalue weighted by Crippen LogP contribution is 2.10. The predicted octanol–water partition coefficient (Wildman–Crippen LogP) is 0.356. The van der Waals surface area contributed by atoms with Crippen LogP contribution < -0.4 is 5.32 Å². The molecule has 4 nitrogen and oxygen atoms in total. The Balaban J connectivity index is 0.00000112. The van der Waals surface area contributed by atoms with Crippen LogP contribution in [0.15, 0.2) is 0 Å². The van der Waals surface area contributed by atoms with E-state index in [1.54, 1.807) is 0 Å². The van der Waals surface area contributed by atoms with E-state index in [0.29, 0.717) is 5.91 Å². The number of likely N-dealkylation sites (N-methyl/N-ethyl adjacent to an activating group) is 1. The van der Waals surface area contributed by atoms with Crippen LogP contribution in [0.1, 0.15) is 12.8 Å². The van der Waals surface area contributed by atoms with Crippen molar-refractivity contribution in [3.8, 4) is 0 Å². The highest BCUT2D eigenvalue weighted by atomic mass is 35.5. The predicted molar refractivity (Wildman–Crippen MR) is 69.6 cm³/mol. The summed E-state index contributed by atoms with van der Waals surface area (Å²) in [4.78, 5) is 16.2. The number of halogens is 2. The van der Waals surface area contributed by atoms with Gasteiger partial charge in [-0.15, -0.1) is 24.8 Å². The van der Waals surface area contributed by atoms with E-state index in [1.165, 1.54) is 0 Å². The molecular formula is C10H21Cl2N3O. The van der Waals surface area contributed by atoms with E-state index in [4.69, 9.17) is 0 Å². The molecule has 16 heavy (non-hydrogen) atoms. The van der Waals surface area contributed by atoms with Crippen molar-refractivity contribution >= 4 is 30.7 Å². The molecule has 1 atom stereocenters. The molecule has 0 bridgehead atoms. The lowest BCUT2D eigenvalue weighted by molar-refractivity contribution is -0.134. The number of rotatable bonds is 1. The van der Waals surface area contributed by atoms with Crippen LogP contribution in [-0.2, 0) is 4.79 Å². The average molecular weight is 270 g/mol. The fraction of sp³-hybridized carbons (Fsp3) is 0.900. The Hall–Kier alpha value is -0.0300. The van der Waals surface area contributed by atoms with Gasteiger partial charge in [-0.25, -0.2) is 0 Å². The van der Waals surface area contributed by atoms with Gasteiger partial charge in [0.2, 0.25) is 5.91 Å². The molecule has 0 saturated carbocycles. The molecule has 2 aliphatic heterocycles. The Labute approximate surface area is 110 Å². The van der Waals surface area contributed by atoms with E-state index >= 15 is 0 Å². The summed E-state index contributed by atoms with van der Waals surface area (Å²) in [5.41, 5.74) is 0. The Kier molecular flexibility index (Phi) is 7.31. The van der Waals surface area contributed by atoms with E-state index in [9.17, 15) is 4.79 Å². The van der Waals surface area contributed by atoms with Gasteiger partial charge in [0, 0.05) is 26.2 Å². The Morgan fingerprint density at radius 3 is 2.31 bits per heavy atom. The fourth-order valence-corrected chi connectivity index (χ4v) is 2.14. The maximum Gasteiger partial charge on any atom is 0.239 e. The Bertz CT molecular complexity index is 214. The van der Waals surface area contributed by atoms with Gasteiger partial charge >= 0.3 is 0 Å². The van der Waals surface area contributed by atoms with Crippen molar-refractivity contribution in [2.45, 2.75) is 18.9 Å². The van der Waals surface area contributed by atoms with Gasteiger partial charge in [-0.3, -0.25) is 4.79 Å². The smallest absolute Gasteiger partial charge is 0.239 e. The molecule has 0 aromatic rings. The largest absolute Gasteiger partial charge is 0.339 e. The quantitative estimate of drug-likeness (QED) is 0.747. The summed E-state index contributed by atoms with van der Waals surface area (Å²) in [6.07, 6.45) is 2.16. The van der Waals surface area contributed by atoms with Gasteiger partial charge in [0.05, 0.1) is 6.04 Å². The summed E-state index contributed by atoms with van der Waals surface area (Å²) in [5, 5.41) is 3.26. The molecule has 6 heteroatoms. The van der Waals surface area contributed by atoms with Crippen LogP contribution >= 0.6 is 24.8 Å². The standard InChI is InChI=1S/C10H19N3O.2ClH/c1-12-5-7-13(8-6-12)10(14)9-3-2-4-11-9;;/h9,11H,2-8H2,1H3;2*1H/t9-;;/m1../s1. The number of hydrogen-bond acceptors (Lipinski definition) is 3. The second-order valence-corrected chi connectivity index (χ2v) is 4.28. The van der Waals surface area contributed by atoms with Crippen LogP contribution in [0, 0.1) is 0 Å². The highest BCUT2D eigenvalue weighted by Gasteiger charge is 2.28. The molecule has 0 aromatic carbocycles. The van der Waals surface area contributed by atoms with Gasteiger partial charge in [0.1, 0.15) is 0 Å². The normalized spacial score (nSPS) is 25.8. The van der Waals surface area contributed by atoms with Crippen molar-refractivity contribution in [1.29, 1.82) is 0 Å². The lowest BCUT2D eigenvalue weighted by atomic mass is 10.2. The van der Waals surface area contributed by atoms with E-state index in [1.807, 2.05) is 4.90 Å². The first-order valence-electron chi connectivity index (χ1n) is 5.48. The molecule has 2 rings (SSSR count). The average Bonchev–Trinajstić information content (AvgIpc) is 2.71. The van der Waals surface area contributed by atoms with E-state index in [0.717, 1.165) is 45.6 Å². The number of amides is 1. The number of hydrogen-bond donors (Lipinski definition) is 1. The lowest BCUT2D eigenvalue weighted by Crippen LogP contribution is -2.52. The van der Waals surface area contributed by atoms with Crippen LogP contribution in [-0.4, -0.2) is 61.5 Å². The summed E-state index contributed by atoms with van der Waals surface area (Å²) in [6, 6.07) is 0.110. The molecule has 1 N–H and O–H groups in total. The number of carbonyl (C=O) groups is 1. The highest BCUT2D eigenvalue weighted by molar-refractivity contribution is 5.85. The zero-order valence-electron chi connectivity index (χ0n) is 9.65. The SMILES string of the molecule is CN1CCN(C(=O)[C@H]2CCCN2)CC1.Cl.Cl. The number of piperazine rings is 1. The van der Waals surface area contributed by atoms with Crippen LogP contribution in [0.4, 0.5) is 0 Å². The molecule has 2 aliphatic rings. The molecule has 2 saturated heterocycles. The van der Waals surface area contributed by atoms with Crippen molar-refractivity contribution in [1.82, 2.24) is 15.1 Å². The maximum atomic E-state index is 12.0. The molecule has 0 aliphatic carbocycles. The van der Waals surface area contributed by atoms with E-state index < -0.39 is 0 Å². The third-order valence-corrected chi connectivity index (χ3v) is 3.17. The molecular weight excluding hydrogens is 249 g/mol. The van der Waals surface area contributed by atoms with Gasteiger partial charge in [-0.1, -0.05) is 0 Å². The second kappa shape index (κ2) is 7.33. The van der Waals surface area contributed by atoms with Crippen LogP contribution in [0.25, 0.3) is 0 Å². The zero-order valence-corrected chi connectivity index (χ0v) is 11.3. The van der Waals surface area contributed by atoms with E-state index in [2.05, 4.69) is 17.3 Å². The van der Waals surface area contributed by atoms with Gasteiger partial charge in [0.15, 0.2) is 0 Å². The Morgan fingerprint density at radius 2 is 1.81 bits per heavy atom. The van der Waals surface area contributed by atoms with Gasteiger partial charge in [-0.05, 0) is 26.4 Å². The van der Waals surface area contributed by atoms with Gasteiger partial charge in [-0.2, -0.15) is 0 Å². The third kappa shape index (κ3) is 3.77. The molecule has 1 amide bonds. The molecule has 0 spiro atoms. The maximum absolute atomic E-state index is 12.0. The molecule has 0 unspecified atom stereocenters. The second-order valence-electron chi connectivity index (χ2n) is 4.28. The van der Waals surface area contributed by atoms with Gasteiger partial charge < -0.3 is 15.1 Å². The fourth-order valence-electron chi connectivity index (χ4n) is 2.14. The molecule has 2 fully saturated rings. The van der Waals surface area contributed by atoms with Crippen LogP contribution in [0.5, 0.6) is 0 Å². The van der Waals surface area contributed by atoms with Crippen molar-refractivity contribution < 1.29 is 4.79 Å². The van der Waals surface area contributed by atoms with Crippen molar-refractivity contribution in [2.24, 2.45) is 0 Å². The minimum atomic E-state index is 0. The first kappa shape index (κ1) is 16.0. The first-order valence-corrected chi connectivity index (χ1v) is 5.48. The number of nitrogens with one attached hydrogen (secondary N) is 1. The van der Waals surface area contributed by atoms with Gasteiger partial charge in [0.25, 0.3) is 0 Å². The zero-order chi connectivity index (χ0) is 9.97. The number of carbonyl (C=O) groups excluding carboxylic acids is 1. The third-order valence-electron chi connectivity index (χ3n) is 3.17. The van der Waals surface area contributed by atoms with Crippen LogP contribution in [0.2, 0.25) is 0 Å². The van der Waals surface area contributed by atoms with E-state index in [-0.39, 0.29) is 30.9 Å². The molecule has 0 radical (unpaired) electrons. The summed E-state index contributed by atoms with van der Waals surface area (Å²) >= 11 is 0. The monoisotopic (exact) mass is 269 g/mol. The minimum Gasteiger partial charge on any atom is -0.339 e. The summed E-state index contributed by atoms with van der Waals surface area (Å²) < 4.78 is 0. The molecule has 96 valence electrons. The topological polar surface area (TPSA) is 35.6 Å². The summed E-state index contributed by atoms with van der Waals surface area (Å²) in [7, 11) is 2.11. The molecule has 2 heterocycles. The minimum absolute atomic E-state index is 0. The van der Waals surface area contributed by atoms with Crippen molar-refractivity contribution in [2.75, 3.05) is 39.8 Å². The summed E-state index contributed by atoms with van der Waals surface area (Å²) in [6.45, 7) is 4.82. The van der Waals surface area contributed by atoms with Crippen LogP contribution in [0.3, 0.4) is 0 Å². The Morgan fingerprint density at radius 1 is 1.19 bits per heavy atom. The van der Waals surface area contributed by atoms with Crippen molar-refractivity contribution in [3.05, 3.63) is 0 Å². The number of nitrogens with zero attached hydrogens (tertiary/aromatic N) is 2. The lowest BCUT2D eigenvalue weighted by Gasteiger charge is -2.33. The first-order chi connectivity index (χ1) is 6.77.